The fourth-order valence-electron chi connectivity index (χ4n) is 3.68. The van der Waals surface area contributed by atoms with E-state index in [1.165, 1.54) is 0 Å². The topological polar surface area (TPSA) is 104 Å². The van der Waals surface area contributed by atoms with Crippen LogP contribution in [0.1, 0.15) is 30.1 Å². The van der Waals surface area contributed by atoms with Crippen LogP contribution in [-0.4, -0.2) is 36.1 Å². The number of aromatic nitrogens is 1. The van der Waals surface area contributed by atoms with E-state index in [0.29, 0.717) is 36.3 Å². The van der Waals surface area contributed by atoms with Gasteiger partial charge in [0.25, 0.3) is 5.91 Å². The van der Waals surface area contributed by atoms with E-state index < -0.39 is 5.91 Å². The van der Waals surface area contributed by atoms with E-state index in [-0.39, 0.29) is 17.9 Å². The lowest BCUT2D eigenvalue weighted by Crippen LogP contribution is -2.31. The Labute approximate surface area is 150 Å². The maximum Gasteiger partial charge on any atom is 0.252 e. The molecule has 1 saturated carbocycles. The number of pyridine rings is 1. The first kappa shape index (κ1) is 16.6. The highest BCUT2D eigenvalue weighted by Gasteiger charge is 2.53. The highest BCUT2D eigenvalue weighted by atomic mass is 16.5. The Kier molecular flexibility index (Phi) is 4.14. The SMILES string of the molecule is CCOc1cc2c(OCC[C@H]3NC(=O)C4CC43)nccc2cc1C(N)=O. The minimum Gasteiger partial charge on any atom is -0.493 e. The predicted octanol–water partition coefficient (Wildman–Crippen LogP) is 1.64. The van der Waals surface area contributed by atoms with Gasteiger partial charge >= 0.3 is 0 Å². The van der Waals surface area contributed by atoms with Crippen molar-refractivity contribution in [1.29, 1.82) is 0 Å². The summed E-state index contributed by atoms with van der Waals surface area (Å²) < 4.78 is 11.4. The van der Waals surface area contributed by atoms with Crippen molar-refractivity contribution in [2.45, 2.75) is 25.8 Å². The van der Waals surface area contributed by atoms with E-state index in [4.69, 9.17) is 15.2 Å². The quantitative estimate of drug-likeness (QED) is 0.786. The standard InChI is InChI=1S/C19H21N3O4/c1-2-25-16-9-11-10(7-14(16)17(20)23)3-5-21-19(11)26-6-4-15-12-8-13(12)18(24)22-15/h3,5,7,9,12-13,15H,2,4,6,8H2,1H3,(H2,20,23)(H,22,24)/t12?,13?,15-/m1/s1. The molecule has 4 rings (SSSR count). The van der Waals surface area contributed by atoms with Crippen LogP contribution in [-0.2, 0) is 4.79 Å². The van der Waals surface area contributed by atoms with E-state index in [9.17, 15) is 9.59 Å². The van der Waals surface area contributed by atoms with Crippen molar-refractivity contribution in [2.24, 2.45) is 17.6 Å². The number of fused-ring (bicyclic) bond motifs is 2. The average Bonchev–Trinajstić information content (AvgIpc) is 3.36. The summed E-state index contributed by atoms with van der Waals surface area (Å²) in [6.45, 7) is 2.73. The van der Waals surface area contributed by atoms with Crippen LogP contribution in [0.3, 0.4) is 0 Å². The maximum absolute atomic E-state index is 11.7. The maximum atomic E-state index is 11.7. The summed E-state index contributed by atoms with van der Waals surface area (Å²) >= 11 is 0. The lowest BCUT2D eigenvalue weighted by atomic mass is 10.1. The smallest absolute Gasteiger partial charge is 0.252 e. The van der Waals surface area contributed by atoms with Crippen LogP contribution in [0, 0.1) is 11.8 Å². The molecular weight excluding hydrogens is 334 g/mol. The minimum atomic E-state index is -0.536. The molecule has 7 nitrogen and oxygen atoms in total. The van der Waals surface area contributed by atoms with Gasteiger partial charge in [-0.15, -0.1) is 0 Å². The zero-order valence-electron chi connectivity index (χ0n) is 14.5. The van der Waals surface area contributed by atoms with Gasteiger partial charge in [0.2, 0.25) is 11.8 Å². The number of nitrogens with two attached hydrogens (primary N) is 1. The molecule has 26 heavy (non-hydrogen) atoms. The van der Waals surface area contributed by atoms with Gasteiger partial charge in [-0.1, -0.05) is 0 Å². The molecule has 1 saturated heterocycles. The number of hydrogen-bond acceptors (Lipinski definition) is 5. The summed E-state index contributed by atoms with van der Waals surface area (Å²) in [5.74, 6) is 1.23. The van der Waals surface area contributed by atoms with Gasteiger partial charge in [-0.25, -0.2) is 4.98 Å². The molecule has 0 radical (unpaired) electrons. The van der Waals surface area contributed by atoms with E-state index >= 15 is 0 Å². The molecule has 3 atom stereocenters. The Hall–Kier alpha value is -2.83. The third-order valence-corrected chi connectivity index (χ3v) is 5.08. The van der Waals surface area contributed by atoms with Crippen molar-refractivity contribution < 1.29 is 19.1 Å². The van der Waals surface area contributed by atoms with E-state index in [1.54, 1.807) is 24.4 Å². The number of carbonyl (C=O) groups excluding carboxylic acids is 2. The molecule has 2 amide bonds. The van der Waals surface area contributed by atoms with Gasteiger partial charge in [-0.3, -0.25) is 9.59 Å². The summed E-state index contributed by atoms with van der Waals surface area (Å²) in [6, 6.07) is 5.44. The molecule has 136 valence electrons. The molecule has 3 N–H and O–H groups in total. The molecule has 1 aliphatic carbocycles. The third kappa shape index (κ3) is 2.94. The number of nitrogens with one attached hydrogen (secondary N) is 1. The van der Waals surface area contributed by atoms with E-state index in [0.717, 1.165) is 23.6 Å². The number of primary amides is 1. The van der Waals surface area contributed by atoms with Crippen molar-refractivity contribution in [3.8, 4) is 11.6 Å². The molecule has 2 aliphatic rings. The number of benzene rings is 1. The van der Waals surface area contributed by atoms with Crippen LogP contribution in [0.25, 0.3) is 10.8 Å². The van der Waals surface area contributed by atoms with Gasteiger partial charge in [0.15, 0.2) is 0 Å². The number of hydrogen-bond donors (Lipinski definition) is 2. The molecule has 2 fully saturated rings. The summed E-state index contributed by atoms with van der Waals surface area (Å²) in [6.07, 6.45) is 3.39. The molecule has 1 aliphatic heterocycles. The fraction of sp³-hybridized carbons (Fsp3) is 0.421. The van der Waals surface area contributed by atoms with Gasteiger partial charge in [0.05, 0.1) is 18.8 Å². The number of ether oxygens (including phenoxy) is 2. The molecule has 7 heteroatoms. The van der Waals surface area contributed by atoms with E-state index in [2.05, 4.69) is 10.3 Å². The molecule has 2 unspecified atom stereocenters. The molecule has 1 aromatic carbocycles. The summed E-state index contributed by atoms with van der Waals surface area (Å²) in [7, 11) is 0. The van der Waals surface area contributed by atoms with E-state index in [1.807, 2.05) is 6.92 Å². The second-order valence-electron chi connectivity index (χ2n) is 6.74. The largest absolute Gasteiger partial charge is 0.493 e. The van der Waals surface area contributed by atoms with Gasteiger partial charge in [-0.2, -0.15) is 0 Å². The molecular formula is C19H21N3O4. The van der Waals surface area contributed by atoms with Gasteiger partial charge in [-0.05, 0) is 42.8 Å². The lowest BCUT2D eigenvalue weighted by Gasteiger charge is -2.15. The number of carbonyl (C=O) groups is 2. The van der Waals surface area contributed by atoms with Crippen molar-refractivity contribution in [1.82, 2.24) is 10.3 Å². The Balaban J connectivity index is 1.53. The minimum absolute atomic E-state index is 0.170. The highest BCUT2D eigenvalue weighted by Crippen LogP contribution is 2.46. The molecule has 0 spiro atoms. The number of rotatable bonds is 7. The second kappa shape index (κ2) is 6.48. The van der Waals surface area contributed by atoms with Gasteiger partial charge < -0.3 is 20.5 Å². The first-order valence-corrected chi connectivity index (χ1v) is 8.87. The molecule has 1 aromatic heterocycles. The zero-order valence-corrected chi connectivity index (χ0v) is 14.5. The van der Waals surface area contributed by atoms with Crippen molar-refractivity contribution in [2.75, 3.05) is 13.2 Å². The Morgan fingerprint density at radius 2 is 2.23 bits per heavy atom. The van der Waals surface area contributed by atoms with Crippen LogP contribution in [0.4, 0.5) is 0 Å². The fourth-order valence-corrected chi connectivity index (χ4v) is 3.68. The van der Waals surface area contributed by atoms with Crippen LogP contribution in [0.5, 0.6) is 11.6 Å². The normalized spacial score (nSPS) is 23.4. The monoisotopic (exact) mass is 355 g/mol. The number of amides is 2. The van der Waals surface area contributed by atoms with Crippen LogP contribution < -0.4 is 20.5 Å². The predicted molar refractivity (Wildman–Crippen MR) is 95.1 cm³/mol. The Morgan fingerprint density at radius 3 is 2.88 bits per heavy atom. The Bertz CT molecular complexity index is 882. The first-order valence-electron chi connectivity index (χ1n) is 8.87. The average molecular weight is 355 g/mol. The summed E-state index contributed by atoms with van der Waals surface area (Å²) in [5.41, 5.74) is 5.79. The van der Waals surface area contributed by atoms with Crippen LogP contribution in [0.2, 0.25) is 0 Å². The van der Waals surface area contributed by atoms with Gasteiger partial charge in [0, 0.05) is 30.0 Å². The van der Waals surface area contributed by atoms with Crippen LogP contribution >= 0.6 is 0 Å². The number of nitrogens with zero attached hydrogens (tertiary/aromatic N) is 1. The van der Waals surface area contributed by atoms with Crippen molar-refractivity contribution in [3.05, 3.63) is 30.0 Å². The second-order valence-corrected chi connectivity index (χ2v) is 6.74. The molecule has 0 bridgehead atoms. The number of piperidine rings is 1. The third-order valence-electron chi connectivity index (χ3n) is 5.08. The van der Waals surface area contributed by atoms with Gasteiger partial charge in [0.1, 0.15) is 5.75 Å². The van der Waals surface area contributed by atoms with Crippen molar-refractivity contribution in [3.63, 3.8) is 0 Å². The highest BCUT2D eigenvalue weighted by molar-refractivity contribution is 6.01. The Morgan fingerprint density at radius 1 is 1.38 bits per heavy atom. The molecule has 2 heterocycles. The van der Waals surface area contributed by atoms with Crippen LogP contribution in [0.15, 0.2) is 24.4 Å². The first-order chi connectivity index (χ1) is 12.6. The lowest BCUT2D eigenvalue weighted by molar-refractivity contribution is -0.121. The summed E-state index contributed by atoms with van der Waals surface area (Å²) in [5, 5.41) is 4.59. The summed E-state index contributed by atoms with van der Waals surface area (Å²) in [4.78, 5) is 27.6. The molecule has 2 aromatic rings. The van der Waals surface area contributed by atoms with Crippen molar-refractivity contribution >= 4 is 22.6 Å². The zero-order chi connectivity index (χ0) is 18.3.